The highest BCUT2D eigenvalue weighted by Gasteiger charge is 2.24. The molecule has 0 unspecified atom stereocenters. The summed E-state index contributed by atoms with van der Waals surface area (Å²) in [6.45, 7) is -0.0883. The Bertz CT molecular complexity index is 1100. The fourth-order valence-electron chi connectivity index (χ4n) is 2.45. The van der Waals surface area contributed by atoms with Gasteiger partial charge in [-0.1, -0.05) is 24.3 Å². The maximum absolute atomic E-state index is 13.0. The van der Waals surface area contributed by atoms with Gasteiger partial charge in [-0.2, -0.15) is 0 Å². The molecule has 0 aliphatic carbocycles. The van der Waals surface area contributed by atoms with Crippen molar-refractivity contribution in [2.24, 2.45) is 0 Å². The third kappa shape index (κ3) is 4.70. The van der Waals surface area contributed by atoms with E-state index in [1.165, 1.54) is 42.5 Å². The number of ether oxygens (including phenoxy) is 1. The largest absolute Gasteiger partial charge is 0.457 e. The van der Waals surface area contributed by atoms with Gasteiger partial charge in [0.2, 0.25) is 10.0 Å². The average molecular weight is 402 g/mol. The molecule has 3 rings (SSSR count). The second-order valence-corrected chi connectivity index (χ2v) is 7.49. The van der Waals surface area contributed by atoms with E-state index >= 15 is 0 Å². The van der Waals surface area contributed by atoms with Crippen molar-refractivity contribution in [2.75, 3.05) is 0 Å². The summed E-state index contributed by atoms with van der Waals surface area (Å²) in [5.41, 5.74) is 0.0881. The number of nitrogens with one attached hydrogen (secondary N) is 1. The minimum atomic E-state index is -4.08. The van der Waals surface area contributed by atoms with Crippen molar-refractivity contribution in [3.63, 3.8) is 0 Å². The van der Waals surface area contributed by atoms with Crippen LogP contribution < -0.4 is 9.46 Å². The minimum absolute atomic E-state index is 0.0883. The summed E-state index contributed by atoms with van der Waals surface area (Å²) < 4.78 is 45.8. The highest BCUT2D eigenvalue weighted by Crippen LogP contribution is 2.24. The third-order valence-corrected chi connectivity index (χ3v) is 5.21. The predicted octanol–water partition coefficient (Wildman–Crippen LogP) is 4.00. The Labute approximate surface area is 160 Å². The summed E-state index contributed by atoms with van der Waals surface area (Å²) in [6, 6.07) is 17.2. The Kier molecular flexibility index (Phi) is 5.67. The molecule has 0 saturated heterocycles. The monoisotopic (exact) mass is 402 g/mol. The van der Waals surface area contributed by atoms with Gasteiger partial charge in [-0.25, -0.2) is 17.5 Å². The molecule has 1 N–H and O–H groups in total. The molecular formula is C19H15FN2O5S. The lowest BCUT2D eigenvalue weighted by atomic mass is 10.2. The molecule has 0 amide bonds. The summed E-state index contributed by atoms with van der Waals surface area (Å²) >= 11 is 0. The van der Waals surface area contributed by atoms with Crippen LogP contribution in [0.25, 0.3) is 0 Å². The fraction of sp³-hybridized carbons (Fsp3) is 0.0526. The highest BCUT2D eigenvalue weighted by molar-refractivity contribution is 7.89. The van der Waals surface area contributed by atoms with Crippen molar-refractivity contribution < 1.29 is 22.5 Å². The van der Waals surface area contributed by atoms with E-state index in [2.05, 4.69) is 4.72 Å². The first-order chi connectivity index (χ1) is 13.3. The predicted molar refractivity (Wildman–Crippen MR) is 100 cm³/mol. The van der Waals surface area contributed by atoms with Crippen LogP contribution >= 0.6 is 0 Å². The zero-order valence-electron chi connectivity index (χ0n) is 14.4. The molecular weight excluding hydrogens is 387 g/mol. The van der Waals surface area contributed by atoms with Crippen LogP contribution in [0.5, 0.6) is 11.5 Å². The van der Waals surface area contributed by atoms with Gasteiger partial charge in [0.05, 0.1) is 4.92 Å². The molecule has 0 atom stereocenters. The van der Waals surface area contributed by atoms with Crippen LogP contribution in [0.1, 0.15) is 5.56 Å². The van der Waals surface area contributed by atoms with Crippen molar-refractivity contribution in [3.05, 3.63) is 94.3 Å². The van der Waals surface area contributed by atoms with Crippen LogP contribution in [-0.2, 0) is 16.6 Å². The lowest BCUT2D eigenvalue weighted by Crippen LogP contribution is -2.24. The molecule has 3 aromatic carbocycles. The van der Waals surface area contributed by atoms with Gasteiger partial charge in [0.15, 0.2) is 4.90 Å². The average Bonchev–Trinajstić information content (AvgIpc) is 2.69. The van der Waals surface area contributed by atoms with E-state index in [1.807, 2.05) is 0 Å². The number of para-hydroxylation sites is 1. The number of nitro benzene ring substituents is 1. The lowest BCUT2D eigenvalue weighted by molar-refractivity contribution is -0.387. The van der Waals surface area contributed by atoms with Crippen molar-refractivity contribution in [1.82, 2.24) is 4.72 Å². The van der Waals surface area contributed by atoms with Crippen LogP contribution in [0.15, 0.2) is 77.7 Å². The van der Waals surface area contributed by atoms with Gasteiger partial charge in [-0.3, -0.25) is 10.1 Å². The number of nitro groups is 1. The molecule has 0 radical (unpaired) electrons. The fourth-order valence-corrected chi connectivity index (χ4v) is 3.64. The number of hydrogen-bond acceptors (Lipinski definition) is 5. The van der Waals surface area contributed by atoms with Crippen LogP contribution in [0.3, 0.4) is 0 Å². The number of sulfonamides is 1. The van der Waals surface area contributed by atoms with Crippen LogP contribution in [-0.4, -0.2) is 13.3 Å². The summed E-state index contributed by atoms with van der Waals surface area (Å²) in [5.74, 6) is 0.485. The Morgan fingerprint density at radius 2 is 1.68 bits per heavy atom. The number of benzene rings is 3. The molecule has 28 heavy (non-hydrogen) atoms. The first-order valence-electron chi connectivity index (χ1n) is 8.10. The standard InChI is InChI=1S/C19H15FN2O5S/c20-15-8-10-16(11-9-15)27-17-5-3-4-14(12-17)13-21-28(25,26)19-7-2-1-6-18(19)22(23)24/h1-12,21H,13H2. The van der Waals surface area contributed by atoms with Crippen LogP contribution in [0.2, 0.25) is 0 Å². The van der Waals surface area contributed by atoms with E-state index in [1.54, 1.807) is 24.3 Å². The van der Waals surface area contributed by atoms with Crippen molar-refractivity contribution >= 4 is 15.7 Å². The number of nitrogens with zero attached hydrogens (tertiary/aromatic N) is 1. The van der Waals surface area contributed by atoms with Gasteiger partial charge in [0.1, 0.15) is 17.3 Å². The molecule has 9 heteroatoms. The third-order valence-electron chi connectivity index (χ3n) is 3.77. The van der Waals surface area contributed by atoms with Gasteiger partial charge in [0.25, 0.3) is 5.69 Å². The Morgan fingerprint density at radius 3 is 2.39 bits per heavy atom. The van der Waals surface area contributed by atoms with Crippen LogP contribution in [0.4, 0.5) is 10.1 Å². The summed E-state index contributed by atoms with van der Waals surface area (Å²) in [5, 5.41) is 11.1. The van der Waals surface area contributed by atoms with Gasteiger partial charge in [0, 0.05) is 12.6 Å². The molecule has 0 heterocycles. The van der Waals surface area contributed by atoms with Crippen molar-refractivity contribution in [1.29, 1.82) is 0 Å². The van der Waals surface area contributed by atoms with Crippen molar-refractivity contribution in [2.45, 2.75) is 11.4 Å². The molecule has 0 aliphatic heterocycles. The van der Waals surface area contributed by atoms with Gasteiger partial charge in [-0.15, -0.1) is 0 Å². The van der Waals surface area contributed by atoms with E-state index in [0.29, 0.717) is 17.1 Å². The van der Waals surface area contributed by atoms with E-state index in [9.17, 15) is 22.9 Å². The maximum atomic E-state index is 13.0. The molecule has 3 aromatic rings. The first kappa shape index (κ1) is 19.5. The lowest BCUT2D eigenvalue weighted by Gasteiger charge is -2.10. The minimum Gasteiger partial charge on any atom is -0.457 e. The summed E-state index contributed by atoms with van der Waals surface area (Å²) in [7, 11) is -4.08. The molecule has 0 spiro atoms. The number of halogens is 1. The molecule has 0 aromatic heterocycles. The van der Waals surface area contributed by atoms with Crippen LogP contribution in [0, 0.1) is 15.9 Å². The summed E-state index contributed by atoms with van der Waals surface area (Å²) in [6.07, 6.45) is 0. The molecule has 144 valence electrons. The molecule has 0 saturated carbocycles. The zero-order chi connectivity index (χ0) is 20.1. The van der Waals surface area contributed by atoms with E-state index in [-0.39, 0.29) is 12.4 Å². The molecule has 7 nitrogen and oxygen atoms in total. The quantitative estimate of drug-likeness (QED) is 0.476. The second-order valence-electron chi connectivity index (χ2n) is 5.75. The number of rotatable bonds is 7. The van der Waals surface area contributed by atoms with E-state index in [0.717, 1.165) is 6.07 Å². The molecule has 0 fully saturated rings. The maximum Gasteiger partial charge on any atom is 0.289 e. The normalized spacial score (nSPS) is 11.2. The molecule has 0 aliphatic rings. The van der Waals surface area contributed by atoms with E-state index in [4.69, 9.17) is 4.74 Å². The van der Waals surface area contributed by atoms with Gasteiger partial charge >= 0.3 is 0 Å². The Morgan fingerprint density at radius 1 is 0.964 bits per heavy atom. The van der Waals surface area contributed by atoms with E-state index < -0.39 is 25.5 Å². The SMILES string of the molecule is O=[N+]([O-])c1ccccc1S(=O)(=O)NCc1cccc(Oc2ccc(F)cc2)c1. The topological polar surface area (TPSA) is 98.5 Å². The number of hydrogen-bond donors (Lipinski definition) is 1. The second kappa shape index (κ2) is 8.15. The zero-order valence-corrected chi connectivity index (χ0v) is 15.2. The first-order valence-corrected chi connectivity index (χ1v) is 9.59. The smallest absolute Gasteiger partial charge is 0.289 e. The summed E-state index contributed by atoms with van der Waals surface area (Å²) in [4.78, 5) is 9.91. The van der Waals surface area contributed by atoms with Crippen molar-refractivity contribution in [3.8, 4) is 11.5 Å². The Hall–Kier alpha value is -3.30. The Balaban J connectivity index is 1.74. The molecule has 0 bridgehead atoms. The van der Waals surface area contributed by atoms with Gasteiger partial charge < -0.3 is 4.74 Å². The van der Waals surface area contributed by atoms with Gasteiger partial charge in [-0.05, 0) is 48.0 Å². The highest BCUT2D eigenvalue weighted by atomic mass is 32.2.